The standard InChI is InChI=1S/C47H88O6/c1-4-7-10-13-16-19-21-22-23-24-26-28-31-34-37-40-46(49)52-43-44(42-51-45(48)39-36-33-30-27-18-15-12-9-6-3)53-47(50)41-38-35-32-29-25-20-17-14-11-8-5-2/h22-23,44H,4-21,24-43H2,1-3H3/b23-22-. The summed E-state index contributed by atoms with van der Waals surface area (Å²) in [6.45, 7) is 6.61. The Labute approximate surface area is 329 Å². The van der Waals surface area contributed by atoms with E-state index < -0.39 is 6.10 Å². The Bertz CT molecular complexity index is 824. The lowest BCUT2D eigenvalue weighted by Gasteiger charge is -2.18. The Morgan fingerprint density at radius 3 is 0.943 bits per heavy atom. The van der Waals surface area contributed by atoms with Crippen LogP contribution < -0.4 is 0 Å². The van der Waals surface area contributed by atoms with Crippen molar-refractivity contribution in [3.05, 3.63) is 12.2 Å². The zero-order chi connectivity index (χ0) is 38.7. The van der Waals surface area contributed by atoms with Gasteiger partial charge >= 0.3 is 17.9 Å². The van der Waals surface area contributed by atoms with Crippen molar-refractivity contribution < 1.29 is 28.6 Å². The minimum absolute atomic E-state index is 0.0685. The number of hydrogen-bond acceptors (Lipinski definition) is 6. The van der Waals surface area contributed by atoms with E-state index in [-0.39, 0.29) is 31.1 Å². The van der Waals surface area contributed by atoms with Crippen LogP contribution in [0.3, 0.4) is 0 Å². The van der Waals surface area contributed by atoms with Gasteiger partial charge < -0.3 is 14.2 Å². The summed E-state index contributed by atoms with van der Waals surface area (Å²) >= 11 is 0. The lowest BCUT2D eigenvalue weighted by atomic mass is 10.1. The van der Waals surface area contributed by atoms with E-state index in [1.165, 1.54) is 148 Å². The van der Waals surface area contributed by atoms with Crippen molar-refractivity contribution in [1.82, 2.24) is 0 Å². The molecule has 0 aromatic rings. The lowest BCUT2D eigenvalue weighted by Crippen LogP contribution is -2.30. The minimum Gasteiger partial charge on any atom is -0.462 e. The van der Waals surface area contributed by atoms with Crippen LogP contribution in [0.25, 0.3) is 0 Å². The van der Waals surface area contributed by atoms with Crippen LogP contribution in [0.4, 0.5) is 0 Å². The first-order valence-corrected chi connectivity index (χ1v) is 23.2. The summed E-state index contributed by atoms with van der Waals surface area (Å²) in [5, 5.41) is 0. The Morgan fingerprint density at radius 1 is 0.358 bits per heavy atom. The van der Waals surface area contributed by atoms with Gasteiger partial charge in [-0.25, -0.2) is 0 Å². The number of esters is 3. The molecule has 1 unspecified atom stereocenters. The number of rotatable bonds is 42. The molecule has 6 heteroatoms. The zero-order valence-corrected chi connectivity index (χ0v) is 35.6. The summed E-state index contributed by atoms with van der Waals surface area (Å²) in [5.41, 5.74) is 0. The van der Waals surface area contributed by atoms with Crippen molar-refractivity contribution >= 4 is 17.9 Å². The third-order valence-corrected chi connectivity index (χ3v) is 10.3. The van der Waals surface area contributed by atoms with Gasteiger partial charge in [0.05, 0.1) is 0 Å². The molecule has 0 radical (unpaired) electrons. The molecule has 0 saturated heterocycles. The normalized spacial score (nSPS) is 12.0. The second-order valence-corrected chi connectivity index (χ2v) is 15.7. The summed E-state index contributed by atoms with van der Waals surface area (Å²) in [4.78, 5) is 37.6. The zero-order valence-electron chi connectivity index (χ0n) is 35.6. The molecular formula is C47H88O6. The molecule has 0 aliphatic carbocycles. The van der Waals surface area contributed by atoms with E-state index in [9.17, 15) is 14.4 Å². The largest absolute Gasteiger partial charge is 0.462 e. The predicted molar refractivity (Wildman–Crippen MR) is 224 cm³/mol. The van der Waals surface area contributed by atoms with Crippen LogP contribution >= 0.6 is 0 Å². The fourth-order valence-electron chi connectivity index (χ4n) is 6.73. The highest BCUT2D eigenvalue weighted by molar-refractivity contribution is 5.71. The summed E-state index contributed by atoms with van der Waals surface area (Å²) < 4.78 is 16.7. The Kier molecular flexibility index (Phi) is 41.4. The summed E-state index contributed by atoms with van der Waals surface area (Å²) in [6, 6.07) is 0. The molecular weight excluding hydrogens is 661 g/mol. The molecule has 6 nitrogen and oxygen atoms in total. The summed E-state index contributed by atoms with van der Waals surface area (Å²) in [7, 11) is 0. The molecule has 0 aliphatic rings. The SMILES string of the molecule is CCCCCCCC/C=C\CCCCCCCC(=O)OCC(COC(=O)CCCCCCCCCCC)OC(=O)CCCCCCCCCCCCC. The van der Waals surface area contributed by atoms with Crippen molar-refractivity contribution in [2.75, 3.05) is 13.2 Å². The molecule has 0 heterocycles. The average Bonchev–Trinajstić information content (AvgIpc) is 3.15. The molecule has 53 heavy (non-hydrogen) atoms. The van der Waals surface area contributed by atoms with Gasteiger partial charge in [0.1, 0.15) is 13.2 Å². The highest BCUT2D eigenvalue weighted by Gasteiger charge is 2.19. The molecule has 0 aromatic carbocycles. The smallest absolute Gasteiger partial charge is 0.306 e. The number of ether oxygens (including phenoxy) is 3. The molecule has 0 rings (SSSR count). The topological polar surface area (TPSA) is 78.9 Å². The van der Waals surface area contributed by atoms with Gasteiger partial charge in [-0.2, -0.15) is 0 Å². The van der Waals surface area contributed by atoms with E-state index >= 15 is 0 Å². The first-order valence-electron chi connectivity index (χ1n) is 23.2. The highest BCUT2D eigenvalue weighted by Crippen LogP contribution is 2.15. The van der Waals surface area contributed by atoms with E-state index in [0.717, 1.165) is 64.2 Å². The molecule has 0 saturated carbocycles. The maximum atomic E-state index is 12.7. The van der Waals surface area contributed by atoms with Gasteiger partial charge in [-0.15, -0.1) is 0 Å². The summed E-state index contributed by atoms with van der Waals surface area (Å²) in [5.74, 6) is -0.872. The van der Waals surface area contributed by atoms with Crippen LogP contribution in [0.5, 0.6) is 0 Å². The van der Waals surface area contributed by atoms with Gasteiger partial charge in [-0.1, -0.05) is 200 Å². The van der Waals surface area contributed by atoms with Crippen molar-refractivity contribution in [3.8, 4) is 0 Å². The van der Waals surface area contributed by atoms with Crippen molar-refractivity contribution in [2.24, 2.45) is 0 Å². The lowest BCUT2D eigenvalue weighted by molar-refractivity contribution is -0.167. The second kappa shape index (κ2) is 42.9. The molecule has 312 valence electrons. The molecule has 0 bridgehead atoms. The van der Waals surface area contributed by atoms with Crippen LogP contribution in [0.1, 0.15) is 252 Å². The molecule has 1 atom stereocenters. The van der Waals surface area contributed by atoms with Crippen LogP contribution in [-0.4, -0.2) is 37.2 Å². The average molecular weight is 749 g/mol. The quantitative estimate of drug-likeness (QED) is 0.0268. The maximum Gasteiger partial charge on any atom is 0.306 e. The van der Waals surface area contributed by atoms with E-state index in [2.05, 4.69) is 32.9 Å². The number of allylic oxidation sites excluding steroid dienone is 2. The van der Waals surface area contributed by atoms with Crippen LogP contribution in [-0.2, 0) is 28.6 Å². The van der Waals surface area contributed by atoms with Crippen molar-refractivity contribution in [3.63, 3.8) is 0 Å². The highest BCUT2D eigenvalue weighted by atomic mass is 16.6. The van der Waals surface area contributed by atoms with Gasteiger partial charge in [-0.05, 0) is 44.9 Å². The fraction of sp³-hybridized carbons (Fsp3) is 0.894. The summed E-state index contributed by atoms with van der Waals surface area (Å²) in [6.07, 6.45) is 44.8. The minimum atomic E-state index is -0.764. The molecule has 0 N–H and O–H groups in total. The van der Waals surface area contributed by atoms with E-state index in [0.29, 0.717) is 19.3 Å². The molecule has 0 aliphatic heterocycles. The van der Waals surface area contributed by atoms with Gasteiger partial charge in [0.15, 0.2) is 6.10 Å². The van der Waals surface area contributed by atoms with Gasteiger partial charge in [0.25, 0.3) is 0 Å². The van der Waals surface area contributed by atoms with Gasteiger partial charge in [0.2, 0.25) is 0 Å². The molecule has 0 spiro atoms. The van der Waals surface area contributed by atoms with Crippen LogP contribution in [0, 0.1) is 0 Å². The molecule has 0 fully saturated rings. The molecule has 0 amide bonds. The maximum absolute atomic E-state index is 12.7. The predicted octanol–water partition coefficient (Wildman–Crippen LogP) is 14.6. The van der Waals surface area contributed by atoms with Crippen molar-refractivity contribution in [2.45, 2.75) is 258 Å². The number of carbonyl (C=O) groups excluding carboxylic acids is 3. The number of hydrogen-bond donors (Lipinski definition) is 0. The fourth-order valence-corrected chi connectivity index (χ4v) is 6.73. The van der Waals surface area contributed by atoms with E-state index in [1.54, 1.807) is 0 Å². The van der Waals surface area contributed by atoms with Gasteiger partial charge in [0, 0.05) is 19.3 Å². The third-order valence-electron chi connectivity index (χ3n) is 10.3. The number of unbranched alkanes of at least 4 members (excludes halogenated alkanes) is 29. The van der Waals surface area contributed by atoms with E-state index in [1.807, 2.05) is 0 Å². The monoisotopic (exact) mass is 749 g/mol. The molecule has 0 aromatic heterocycles. The Balaban J connectivity index is 4.31. The van der Waals surface area contributed by atoms with Gasteiger partial charge in [-0.3, -0.25) is 14.4 Å². The number of carbonyl (C=O) groups is 3. The van der Waals surface area contributed by atoms with Crippen LogP contribution in [0.15, 0.2) is 12.2 Å². The second-order valence-electron chi connectivity index (χ2n) is 15.7. The van der Waals surface area contributed by atoms with Crippen molar-refractivity contribution in [1.29, 1.82) is 0 Å². The first-order chi connectivity index (χ1) is 26.0. The Morgan fingerprint density at radius 2 is 0.623 bits per heavy atom. The Hall–Kier alpha value is -1.85. The first kappa shape index (κ1) is 51.1. The van der Waals surface area contributed by atoms with Crippen LogP contribution in [0.2, 0.25) is 0 Å². The third kappa shape index (κ3) is 41.2. The van der Waals surface area contributed by atoms with E-state index in [4.69, 9.17) is 14.2 Å².